The lowest BCUT2D eigenvalue weighted by molar-refractivity contribution is 0.145. The van der Waals surface area contributed by atoms with Crippen LogP contribution in [0.3, 0.4) is 0 Å². The minimum Gasteiger partial charge on any atom is -0.393 e. The number of aliphatic hydroxyl groups excluding tert-OH is 1. The maximum atomic E-state index is 9.51. The number of hydrogen-bond donors (Lipinski definition) is 2. The molecular formula is C10H14N8O. The molecule has 0 unspecified atom stereocenters. The van der Waals surface area contributed by atoms with Crippen LogP contribution in [0.5, 0.6) is 0 Å². The summed E-state index contributed by atoms with van der Waals surface area (Å²) >= 11 is 0. The Hall–Kier alpha value is -2.29. The molecule has 1 aliphatic heterocycles. The van der Waals surface area contributed by atoms with Crippen molar-refractivity contribution in [3.8, 4) is 5.95 Å². The Morgan fingerprint density at radius 1 is 1.16 bits per heavy atom. The summed E-state index contributed by atoms with van der Waals surface area (Å²) in [7, 11) is 0. The van der Waals surface area contributed by atoms with Crippen LogP contribution in [0.1, 0.15) is 12.8 Å². The average Bonchev–Trinajstić information content (AvgIpc) is 2.93. The molecule has 0 bridgehead atoms. The Bertz CT molecular complexity index is 549. The van der Waals surface area contributed by atoms with Gasteiger partial charge in [0.15, 0.2) is 0 Å². The maximum Gasteiger partial charge on any atom is 0.258 e. The number of rotatable bonds is 2. The lowest BCUT2D eigenvalue weighted by Gasteiger charge is -2.29. The van der Waals surface area contributed by atoms with E-state index in [1.807, 2.05) is 4.90 Å². The number of nitrogens with two attached hydrogens (primary N) is 1. The predicted molar refractivity (Wildman–Crippen MR) is 66.6 cm³/mol. The van der Waals surface area contributed by atoms with Gasteiger partial charge >= 0.3 is 0 Å². The first-order valence-corrected chi connectivity index (χ1v) is 6.02. The molecule has 0 aromatic carbocycles. The zero-order valence-electron chi connectivity index (χ0n) is 10.2. The summed E-state index contributed by atoms with van der Waals surface area (Å²) in [6, 6.07) is 0. The van der Waals surface area contributed by atoms with Gasteiger partial charge in [-0.15, -0.1) is 0 Å². The highest BCUT2D eigenvalue weighted by atomic mass is 16.3. The Morgan fingerprint density at radius 3 is 2.58 bits per heavy atom. The van der Waals surface area contributed by atoms with E-state index in [0.29, 0.717) is 37.8 Å². The summed E-state index contributed by atoms with van der Waals surface area (Å²) in [5.41, 5.74) is 5.70. The summed E-state index contributed by atoms with van der Waals surface area (Å²) in [5.74, 6) is 0.984. The van der Waals surface area contributed by atoms with Gasteiger partial charge in [0.05, 0.1) is 6.10 Å². The van der Waals surface area contributed by atoms with Crippen LogP contribution < -0.4 is 10.6 Å². The monoisotopic (exact) mass is 262 g/mol. The van der Waals surface area contributed by atoms with E-state index < -0.39 is 0 Å². The van der Waals surface area contributed by atoms with E-state index in [9.17, 15) is 5.11 Å². The van der Waals surface area contributed by atoms with Crippen LogP contribution >= 0.6 is 0 Å². The fraction of sp³-hybridized carbons (Fsp3) is 0.500. The SMILES string of the molecule is Nc1nc(N2CCC(O)CC2)nc(-n2cncn2)n1. The first-order valence-electron chi connectivity index (χ1n) is 6.02. The Morgan fingerprint density at radius 2 is 1.89 bits per heavy atom. The number of anilines is 2. The van der Waals surface area contributed by atoms with Crippen LogP contribution in [0, 0.1) is 0 Å². The smallest absolute Gasteiger partial charge is 0.258 e. The quantitative estimate of drug-likeness (QED) is 0.707. The lowest BCUT2D eigenvalue weighted by atomic mass is 10.1. The molecule has 3 rings (SSSR count). The molecule has 100 valence electrons. The molecule has 19 heavy (non-hydrogen) atoms. The third-order valence-electron chi connectivity index (χ3n) is 3.00. The number of hydrogen-bond acceptors (Lipinski definition) is 8. The number of piperidine rings is 1. The summed E-state index contributed by atoms with van der Waals surface area (Å²) in [4.78, 5) is 18.3. The van der Waals surface area contributed by atoms with Crippen molar-refractivity contribution < 1.29 is 5.11 Å². The van der Waals surface area contributed by atoms with Gasteiger partial charge in [-0.3, -0.25) is 0 Å². The molecule has 0 atom stereocenters. The molecule has 1 fully saturated rings. The molecule has 0 radical (unpaired) electrons. The fourth-order valence-corrected chi connectivity index (χ4v) is 1.99. The second-order valence-corrected chi connectivity index (χ2v) is 4.35. The maximum absolute atomic E-state index is 9.51. The second-order valence-electron chi connectivity index (χ2n) is 4.35. The van der Waals surface area contributed by atoms with Crippen LogP contribution in [0.4, 0.5) is 11.9 Å². The fourth-order valence-electron chi connectivity index (χ4n) is 1.99. The molecule has 2 aromatic rings. The summed E-state index contributed by atoms with van der Waals surface area (Å²) in [5, 5.41) is 13.5. The molecule has 9 nitrogen and oxygen atoms in total. The van der Waals surface area contributed by atoms with E-state index >= 15 is 0 Å². The van der Waals surface area contributed by atoms with Gasteiger partial charge in [-0.1, -0.05) is 0 Å². The van der Waals surface area contributed by atoms with Crippen molar-refractivity contribution in [2.24, 2.45) is 0 Å². The highest BCUT2D eigenvalue weighted by molar-refractivity contribution is 5.38. The first-order chi connectivity index (χ1) is 9.22. The van der Waals surface area contributed by atoms with Gasteiger partial charge in [0.1, 0.15) is 12.7 Å². The van der Waals surface area contributed by atoms with E-state index in [2.05, 4.69) is 25.0 Å². The van der Waals surface area contributed by atoms with E-state index in [0.717, 1.165) is 0 Å². The average molecular weight is 262 g/mol. The topological polar surface area (TPSA) is 119 Å². The molecule has 1 saturated heterocycles. The third-order valence-corrected chi connectivity index (χ3v) is 3.00. The number of aliphatic hydroxyl groups is 1. The molecule has 2 aromatic heterocycles. The van der Waals surface area contributed by atoms with Crippen molar-refractivity contribution in [3.05, 3.63) is 12.7 Å². The molecule has 0 amide bonds. The van der Waals surface area contributed by atoms with Crippen LogP contribution in [-0.4, -0.2) is 54.0 Å². The van der Waals surface area contributed by atoms with E-state index in [-0.39, 0.29) is 12.1 Å². The number of aromatic nitrogens is 6. The zero-order valence-corrected chi connectivity index (χ0v) is 10.2. The minimum atomic E-state index is -0.245. The lowest BCUT2D eigenvalue weighted by Crippen LogP contribution is -2.37. The standard InChI is InChI=1S/C10H14N8O/c11-8-14-9(17-3-1-7(19)2-4-17)16-10(15-8)18-6-12-5-13-18/h5-7,19H,1-4H2,(H2,11,14,15,16). The number of nitrogens with zero attached hydrogens (tertiary/aromatic N) is 7. The van der Waals surface area contributed by atoms with Crippen molar-refractivity contribution in [3.63, 3.8) is 0 Å². The largest absolute Gasteiger partial charge is 0.393 e. The third kappa shape index (κ3) is 2.45. The van der Waals surface area contributed by atoms with Gasteiger partial charge in [-0.2, -0.15) is 24.7 Å². The predicted octanol–water partition coefficient (Wildman–Crippen LogP) is -1.00. The second kappa shape index (κ2) is 4.76. The van der Waals surface area contributed by atoms with E-state index in [1.54, 1.807) is 0 Å². The van der Waals surface area contributed by atoms with Gasteiger partial charge in [0.25, 0.3) is 5.95 Å². The van der Waals surface area contributed by atoms with Crippen molar-refractivity contribution in [1.82, 2.24) is 29.7 Å². The summed E-state index contributed by atoms with van der Waals surface area (Å²) in [6.07, 6.45) is 4.05. The van der Waals surface area contributed by atoms with Crippen molar-refractivity contribution in [2.45, 2.75) is 18.9 Å². The Labute approximate surface area is 109 Å². The summed E-state index contributed by atoms with van der Waals surface area (Å²) < 4.78 is 1.43. The zero-order chi connectivity index (χ0) is 13.2. The molecule has 9 heteroatoms. The van der Waals surface area contributed by atoms with E-state index in [4.69, 9.17) is 5.73 Å². The van der Waals surface area contributed by atoms with Crippen molar-refractivity contribution in [1.29, 1.82) is 0 Å². The summed E-state index contributed by atoms with van der Waals surface area (Å²) in [6.45, 7) is 1.39. The van der Waals surface area contributed by atoms with E-state index in [1.165, 1.54) is 17.3 Å². The van der Waals surface area contributed by atoms with Gasteiger partial charge in [-0.05, 0) is 12.8 Å². The molecule has 0 saturated carbocycles. The van der Waals surface area contributed by atoms with Crippen LogP contribution in [0.25, 0.3) is 5.95 Å². The van der Waals surface area contributed by atoms with Crippen molar-refractivity contribution >= 4 is 11.9 Å². The molecule has 3 heterocycles. The van der Waals surface area contributed by atoms with Crippen LogP contribution in [-0.2, 0) is 0 Å². The van der Waals surface area contributed by atoms with Crippen LogP contribution in [0.2, 0.25) is 0 Å². The molecular weight excluding hydrogens is 248 g/mol. The van der Waals surface area contributed by atoms with Crippen LogP contribution in [0.15, 0.2) is 12.7 Å². The minimum absolute atomic E-state index is 0.140. The Balaban J connectivity index is 1.90. The van der Waals surface area contributed by atoms with Gasteiger partial charge in [0, 0.05) is 13.1 Å². The highest BCUT2D eigenvalue weighted by Crippen LogP contribution is 2.17. The molecule has 1 aliphatic rings. The van der Waals surface area contributed by atoms with Gasteiger partial charge < -0.3 is 15.7 Å². The number of nitrogen functional groups attached to an aromatic ring is 1. The molecule has 3 N–H and O–H groups in total. The normalized spacial score (nSPS) is 16.8. The molecule has 0 spiro atoms. The van der Waals surface area contributed by atoms with Crippen molar-refractivity contribution in [2.75, 3.05) is 23.7 Å². The first kappa shape index (κ1) is 11.8. The molecule has 0 aliphatic carbocycles. The van der Waals surface area contributed by atoms with Gasteiger partial charge in [0.2, 0.25) is 11.9 Å². The Kier molecular flexibility index (Phi) is 2.95. The highest BCUT2D eigenvalue weighted by Gasteiger charge is 2.20. The van der Waals surface area contributed by atoms with Gasteiger partial charge in [-0.25, -0.2) is 4.98 Å².